The first-order valence-corrected chi connectivity index (χ1v) is 10.5. The number of benzene rings is 1. The predicted molar refractivity (Wildman–Crippen MR) is 112 cm³/mol. The summed E-state index contributed by atoms with van der Waals surface area (Å²) in [4.78, 5) is 47.0. The number of carbonyl (C=O) groups excluding carboxylic acids is 4. The zero-order valence-corrected chi connectivity index (χ0v) is 19.9. The van der Waals surface area contributed by atoms with Crippen molar-refractivity contribution in [2.75, 3.05) is 13.7 Å². The Labute approximate surface area is 193 Å². The van der Waals surface area contributed by atoms with Crippen LogP contribution in [0.2, 0.25) is 0 Å². The van der Waals surface area contributed by atoms with Gasteiger partial charge in [-0.15, -0.1) is 0 Å². The summed E-state index contributed by atoms with van der Waals surface area (Å²) in [5.41, 5.74) is 0.522. The molecule has 1 aliphatic rings. The zero-order chi connectivity index (χ0) is 24.0. The molecular formula is C21H25BrO10. The molecule has 1 aromatic rings. The second kappa shape index (κ2) is 11.3. The molecule has 11 heteroatoms. The van der Waals surface area contributed by atoms with Crippen LogP contribution in [-0.2, 0) is 42.9 Å². The van der Waals surface area contributed by atoms with Gasteiger partial charge in [0.15, 0.2) is 18.3 Å². The maximum absolute atomic E-state index is 11.9. The van der Waals surface area contributed by atoms with Crippen LogP contribution in [0.3, 0.4) is 0 Å². The Kier molecular flexibility index (Phi) is 9.02. The Morgan fingerprint density at radius 3 is 1.94 bits per heavy atom. The number of esters is 4. The van der Waals surface area contributed by atoms with Crippen LogP contribution in [0.25, 0.3) is 0 Å². The lowest BCUT2D eigenvalue weighted by molar-refractivity contribution is -0.254. The number of rotatable bonds is 7. The number of carbonyl (C=O) groups is 4. The van der Waals surface area contributed by atoms with Crippen LogP contribution >= 0.6 is 15.9 Å². The van der Waals surface area contributed by atoms with Crippen molar-refractivity contribution >= 4 is 39.8 Å². The fourth-order valence-corrected chi connectivity index (χ4v) is 3.85. The van der Waals surface area contributed by atoms with E-state index in [1.807, 2.05) is 0 Å². The van der Waals surface area contributed by atoms with Gasteiger partial charge in [-0.2, -0.15) is 0 Å². The smallest absolute Gasteiger partial charge is 0.303 e. The molecule has 0 bridgehead atoms. The fraction of sp³-hybridized carbons (Fsp3) is 0.524. The summed E-state index contributed by atoms with van der Waals surface area (Å²) in [6.07, 6.45) is -5.60. The van der Waals surface area contributed by atoms with E-state index in [4.69, 9.17) is 28.4 Å². The molecule has 1 aliphatic heterocycles. The summed E-state index contributed by atoms with van der Waals surface area (Å²) in [5, 5.41) is 0. The van der Waals surface area contributed by atoms with Crippen molar-refractivity contribution < 1.29 is 47.6 Å². The van der Waals surface area contributed by atoms with E-state index in [9.17, 15) is 19.2 Å². The van der Waals surface area contributed by atoms with Gasteiger partial charge in [-0.25, -0.2) is 0 Å². The summed E-state index contributed by atoms with van der Waals surface area (Å²) in [6.45, 7) is 4.45. The van der Waals surface area contributed by atoms with Gasteiger partial charge in [0, 0.05) is 32.2 Å². The average Bonchev–Trinajstić information content (AvgIpc) is 2.67. The lowest BCUT2D eigenvalue weighted by Crippen LogP contribution is -2.59. The zero-order valence-electron chi connectivity index (χ0n) is 18.3. The predicted octanol–water partition coefficient (Wildman–Crippen LogP) is 2.26. The van der Waals surface area contributed by atoms with Crippen molar-refractivity contribution in [1.29, 1.82) is 0 Å². The SMILES string of the molecule is COc1cc(Br)cc([C@@H]2O[C@H](COC(C)=O)[C@@H](OC(C)=O)[C@H](OC(C)=O)[C@H]2OC(C)=O)c1. The normalized spacial score (nSPS) is 24.8. The molecule has 0 amide bonds. The molecule has 0 unspecified atom stereocenters. The molecule has 0 spiro atoms. The van der Waals surface area contributed by atoms with E-state index in [0.717, 1.165) is 0 Å². The second-order valence-electron chi connectivity index (χ2n) is 7.04. The molecule has 0 saturated carbocycles. The number of hydrogen-bond donors (Lipinski definition) is 0. The van der Waals surface area contributed by atoms with Gasteiger partial charge in [0.05, 0.1) is 7.11 Å². The van der Waals surface area contributed by atoms with Crippen molar-refractivity contribution in [2.24, 2.45) is 0 Å². The Morgan fingerprint density at radius 1 is 0.844 bits per heavy atom. The highest BCUT2D eigenvalue weighted by molar-refractivity contribution is 9.10. The molecule has 0 radical (unpaired) electrons. The molecule has 2 rings (SSSR count). The first-order valence-electron chi connectivity index (χ1n) is 9.66. The van der Waals surface area contributed by atoms with E-state index in [1.165, 1.54) is 34.8 Å². The van der Waals surface area contributed by atoms with E-state index in [1.54, 1.807) is 18.2 Å². The summed E-state index contributed by atoms with van der Waals surface area (Å²) in [5.74, 6) is -2.14. The van der Waals surface area contributed by atoms with Crippen LogP contribution in [-0.4, -0.2) is 62.0 Å². The minimum Gasteiger partial charge on any atom is -0.497 e. The number of methoxy groups -OCH3 is 1. The molecular weight excluding hydrogens is 492 g/mol. The maximum atomic E-state index is 11.9. The molecule has 1 heterocycles. The van der Waals surface area contributed by atoms with Crippen molar-refractivity contribution in [3.63, 3.8) is 0 Å². The van der Waals surface area contributed by atoms with E-state index in [0.29, 0.717) is 15.8 Å². The monoisotopic (exact) mass is 516 g/mol. The first-order chi connectivity index (χ1) is 15.0. The van der Waals surface area contributed by atoms with Gasteiger partial charge in [0.25, 0.3) is 0 Å². The summed E-state index contributed by atoms with van der Waals surface area (Å²) < 4.78 is 33.4. The van der Waals surface area contributed by atoms with Crippen LogP contribution in [0.15, 0.2) is 22.7 Å². The highest BCUT2D eigenvalue weighted by atomic mass is 79.9. The van der Waals surface area contributed by atoms with Crippen molar-refractivity contribution in [1.82, 2.24) is 0 Å². The van der Waals surface area contributed by atoms with Crippen molar-refractivity contribution in [3.05, 3.63) is 28.2 Å². The number of ether oxygens (including phenoxy) is 6. The molecule has 5 atom stereocenters. The Morgan fingerprint density at radius 2 is 1.41 bits per heavy atom. The van der Waals surface area contributed by atoms with Gasteiger partial charge < -0.3 is 28.4 Å². The summed E-state index contributed by atoms with van der Waals surface area (Å²) >= 11 is 3.39. The Hall–Kier alpha value is -2.66. The molecule has 32 heavy (non-hydrogen) atoms. The number of halogens is 1. The molecule has 1 fully saturated rings. The van der Waals surface area contributed by atoms with E-state index in [2.05, 4.69) is 15.9 Å². The fourth-order valence-electron chi connectivity index (χ4n) is 3.36. The van der Waals surface area contributed by atoms with Crippen LogP contribution in [0.5, 0.6) is 5.75 Å². The minimum absolute atomic E-state index is 0.292. The van der Waals surface area contributed by atoms with Crippen LogP contribution in [0.4, 0.5) is 0 Å². The van der Waals surface area contributed by atoms with Crippen molar-refractivity contribution in [2.45, 2.75) is 58.2 Å². The maximum Gasteiger partial charge on any atom is 0.303 e. The molecule has 0 aromatic heterocycles. The average molecular weight is 517 g/mol. The van der Waals surface area contributed by atoms with Gasteiger partial charge in [-0.05, 0) is 23.8 Å². The van der Waals surface area contributed by atoms with Gasteiger partial charge >= 0.3 is 23.9 Å². The Bertz CT molecular complexity index is 870. The molecule has 0 N–H and O–H groups in total. The van der Waals surface area contributed by atoms with Crippen molar-refractivity contribution in [3.8, 4) is 5.75 Å². The summed E-state index contributed by atoms with van der Waals surface area (Å²) in [6, 6.07) is 5.09. The van der Waals surface area contributed by atoms with E-state index < -0.39 is 54.4 Å². The standard InChI is InChI=1S/C21H25BrO10/c1-10(23)28-9-17-19(29-11(2)24)21(31-13(4)26)20(30-12(3)25)18(32-17)14-6-15(22)8-16(7-14)27-5/h6-8,17-21H,9H2,1-5H3/t17-,18+,19-,20+,21+/m1/s1. The molecule has 0 aliphatic carbocycles. The highest BCUT2D eigenvalue weighted by Crippen LogP contribution is 2.39. The first kappa shape index (κ1) is 25.6. The van der Waals surface area contributed by atoms with Crippen LogP contribution in [0, 0.1) is 0 Å². The minimum atomic E-state index is -1.23. The molecule has 1 aromatic carbocycles. The summed E-state index contributed by atoms with van der Waals surface area (Å²) in [7, 11) is 1.48. The van der Waals surface area contributed by atoms with Gasteiger partial charge in [-0.3, -0.25) is 19.2 Å². The third-order valence-electron chi connectivity index (χ3n) is 4.45. The van der Waals surface area contributed by atoms with Gasteiger partial charge in [0.1, 0.15) is 24.6 Å². The van der Waals surface area contributed by atoms with Gasteiger partial charge in [0.2, 0.25) is 0 Å². The lowest BCUT2D eigenvalue weighted by Gasteiger charge is -2.44. The quantitative estimate of drug-likeness (QED) is 0.393. The van der Waals surface area contributed by atoms with E-state index >= 15 is 0 Å². The van der Waals surface area contributed by atoms with Gasteiger partial charge in [-0.1, -0.05) is 15.9 Å². The third kappa shape index (κ3) is 6.92. The third-order valence-corrected chi connectivity index (χ3v) is 4.91. The van der Waals surface area contributed by atoms with E-state index in [-0.39, 0.29) is 6.61 Å². The highest BCUT2D eigenvalue weighted by Gasteiger charge is 2.52. The van der Waals surface area contributed by atoms with Crippen LogP contribution in [0.1, 0.15) is 39.4 Å². The largest absolute Gasteiger partial charge is 0.497 e. The molecule has 10 nitrogen and oxygen atoms in total. The Balaban J connectivity index is 2.59. The molecule has 176 valence electrons. The molecule has 1 saturated heterocycles. The topological polar surface area (TPSA) is 124 Å². The second-order valence-corrected chi connectivity index (χ2v) is 7.96. The lowest BCUT2D eigenvalue weighted by atomic mass is 9.90. The number of hydrogen-bond acceptors (Lipinski definition) is 10. The van der Waals surface area contributed by atoms with Crippen LogP contribution < -0.4 is 4.74 Å².